The van der Waals surface area contributed by atoms with Crippen LogP contribution in [0.1, 0.15) is 47.0 Å². The Kier molecular flexibility index (Phi) is 4.60. The van der Waals surface area contributed by atoms with E-state index in [1.54, 1.807) is 0 Å². The first-order valence-electron chi connectivity index (χ1n) is 6.41. The molecule has 2 N–H and O–H groups in total. The number of likely N-dealkylation sites (tertiary alicyclic amines) is 1. The summed E-state index contributed by atoms with van der Waals surface area (Å²) in [4.78, 5) is 2.55. The lowest BCUT2D eigenvalue weighted by Crippen LogP contribution is -2.37. The quantitative estimate of drug-likeness (QED) is 0.776. The number of rotatable bonds is 4. The molecule has 2 heteroatoms. The average molecular weight is 212 g/mol. The van der Waals surface area contributed by atoms with Crippen molar-refractivity contribution in [3.05, 3.63) is 0 Å². The SMILES string of the molecule is CCCC(N)CN1CCC(C(C)(C)C)C1. The van der Waals surface area contributed by atoms with Crippen LogP contribution in [0.15, 0.2) is 0 Å². The van der Waals surface area contributed by atoms with Gasteiger partial charge in [-0.05, 0) is 30.7 Å². The topological polar surface area (TPSA) is 29.3 Å². The van der Waals surface area contributed by atoms with E-state index in [9.17, 15) is 0 Å². The lowest BCUT2D eigenvalue weighted by molar-refractivity contribution is 0.223. The van der Waals surface area contributed by atoms with Crippen LogP contribution in [0.5, 0.6) is 0 Å². The van der Waals surface area contributed by atoms with Crippen LogP contribution in [-0.4, -0.2) is 30.6 Å². The number of nitrogens with zero attached hydrogens (tertiary/aromatic N) is 1. The summed E-state index contributed by atoms with van der Waals surface area (Å²) < 4.78 is 0. The molecule has 1 rings (SSSR count). The molecule has 0 saturated carbocycles. The summed E-state index contributed by atoms with van der Waals surface area (Å²) in [5.74, 6) is 0.853. The molecule has 0 aromatic heterocycles. The van der Waals surface area contributed by atoms with Crippen molar-refractivity contribution in [1.82, 2.24) is 4.90 Å². The van der Waals surface area contributed by atoms with Crippen LogP contribution in [0.4, 0.5) is 0 Å². The summed E-state index contributed by atoms with van der Waals surface area (Å²) in [7, 11) is 0. The van der Waals surface area contributed by atoms with Gasteiger partial charge in [-0.1, -0.05) is 34.1 Å². The minimum Gasteiger partial charge on any atom is -0.327 e. The zero-order valence-electron chi connectivity index (χ0n) is 10.9. The summed E-state index contributed by atoms with van der Waals surface area (Å²) >= 11 is 0. The minimum atomic E-state index is 0.383. The fourth-order valence-electron chi connectivity index (χ4n) is 2.50. The van der Waals surface area contributed by atoms with E-state index < -0.39 is 0 Å². The fourth-order valence-corrected chi connectivity index (χ4v) is 2.50. The number of nitrogens with two attached hydrogens (primary N) is 1. The predicted octanol–water partition coefficient (Wildman–Crippen LogP) is 2.48. The number of hydrogen-bond acceptors (Lipinski definition) is 2. The average Bonchev–Trinajstić information content (AvgIpc) is 2.52. The second-order valence-corrected chi connectivity index (χ2v) is 6.16. The van der Waals surface area contributed by atoms with E-state index >= 15 is 0 Å². The van der Waals surface area contributed by atoms with E-state index in [-0.39, 0.29) is 0 Å². The molecule has 1 fully saturated rings. The van der Waals surface area contributed by atoms with Crippen molar-refractivity contribution in [3.8, 4) is 0 Å². The van der Waals surface area contributed by atoms with Crippen molar-refractivity contribution >= 4 is 0 Å². The Morgan fingerprint density at radius 3 is 2.53 bits per heavy atom. The normalized spacial score (nSPS) is 25.8. The Labute approximate surface area is 95.2 Å². The molecule has 0 amide bonds. The van der Waals surface area contributed by atoms with Crippen LogP contribution in [0.3, 0.4) is 0 Å². The number of hydrogen-bond donors (Lipinski definition) is 1. The molecule has 1 heterocycles. The highest BCUT2D eigenvalue weighted by atomic mass is 15.2. The van der Waals surface area contributed by atoms with Crippen LogP contribution < -0.4 is 5.73 Å². The summed E-state index contributed by atoms with van der Waals surface area (Å²) in [6.45, 7) is 12.9. The van der Waals surface area contributed by atoms with Gasteiger partial charge in [0, 0.05) is 19.1 Å². The van der Waals surface area contributed by atoms with Crippen LogP contribution in [-0.2, 0) is 0 Å². The molecule has 0 aromatic rings. The molecule has 0 bridgehead atoms. The molecular formula is C13H28N2. The minimum absolute atomic E-state index is 0.383. The van der Waals surface area contributed by atoms with Gasteiger partial charge in [-0.3, -0.25) is 0 Å². The van der Waals surface area contributed by atoms with Gasteiger partial charge in [-0.25, -0.2) is 0 Å². The largest absolute Gasteiger partial charge is 0.327 e. The first-order valence-corrected chi connectivity index (χ1v) is 6.41. The smallest absolute Gasteiger partial charge is 0.0167 e. The molecule has 0 spiro atoms. The highest BCUT2D eigenvalue weighted by molar-refractivity contribution is 4.85. The van der Waals surface area contributed by atoms with Crippen molar-refractivity contribution in [2.45, 2.75) is 53.0 Å². The predicted molar refractivity (Wildman–Crippen MR) is 66.9 cm³/mol. The second-order valence-electron chi connectivity index (χ2n) is 6.16. The van der Waals surface area contributed by atoms with Crippen molar-refractivity contribution in [2.24, 2.45) is 17.1 Å². The van der Waals surface area contributed by atoms with Crippen molar-refractivity contribution in [1.29, 1.82) is 0 Å². The highest BCUT2D eigenvalue weighted by Crippen LogP contribution is 2.33. The molecule has 0 aromatic carbocycles. The fraction of sp³-hybridized carbons (Fsp3) is 1.00. The van der Waals surface area contributed by atoms with Gasteiger partial charge in [0.15, 0.2) is 0 Å². The first-order chi connectivity index (χ1) is 6.93. The van der Waals surface area contributed by atoms with Gasteiger partial charge in [0.05, 0.1) is 0 Å². The van der Waals surface area contributed by atoms with Gasteiger partial charge in [0.1, 0.15) is 0 Å². The molecule has 1 aliphatic rings. The standard InChI is InChI=1S/C13H28N2/c1-5-6-12(14)10-15-8-7-11(9-15)13(2,3)4/h11-12H,5-10,14H2,1-4H3. The summed E-state index contributed by atoms with van der Waals surface area (Å²) in [6.07, 6.45) is 3.72. The van der Waals surface area contributed by atoms with Crippen LogP contribution in [0.25, 0.3) is 0 Å². The van der Waals surface area contributed by atoms with Gasteiger partial charge in [0.25, 0.3) is 0 Å². The van der Waals surface area contributed by atoms with Crippen LogP contribution >= 0.6 is 0 Å². The molecule has 0 radical (unpaired) electrons. The Bertz CT molecular complexity index is 183. The van der Waals surface area contributed by atoms with Crippen molar-refractivity contribution in [2.75, 3.05) is 19.6 Å². The van der Waals surface area contributed by atoms with Gasteiger partial charge >= 0.3 is 0 Å². The van der Waals surface area contributed by atoms with Crippen molar-refractivity contribution in [3.63, 3.8) is 0 Å². The van der Waals surface area contributed by atoms with Crippen LogP contribution in [0, 0.1) is 11.3 Å². The molecule has 2 nitrogen and oxygen atoms in total. The molecule has 1 aliphatic heterocycles. The van der Waals surface area contributed by atoms with Gasteiger partial charge in [-0.15, -0.1) is 0 Å². The molecule has 2 atom stereocenters. The van der Waals surface area contributed by atoms with Gasteiger partial charge in [0.2, 0.25) is 0 Å². The van der Waals surface area contributed by atoms with E-state index in [0.29, 0.717) is 11.5 Å². The Balaban J connectivity index is 2.30. The summed E-state index contributed by atoms with van der Waals surface area (Å²) in [5, 5.41) is 0. The van der Waals surface area contributed by atoms with E-state index in [0.717, 1.165) is 18.9 Å². The highest BCUT2D eigenvalue weighted by Gasteiger charge is 2.31. The van der Waals surface area contributed by atoms with E-state index in [4.69, 9.17) is 5.73 Å². The molecule has 90 valence electrons. The third-order valence-electron chi connectivity index (χ3n) is 3.65. The molecular weight excluding hydrogens is 184 g/mol. The summed E-state index contributed by atoms with van der Waals surface area (Å²) in [5.41, 5.74) is 6.54. The van der Waals surface area contributed by atoms with Gasteiger partial charge < -0.3 is 10.6 Å². The third kappa shape index (κ3) is 4.12. The molecule has 15 heavy (non-hydrogen) atoms. The zero-order chi connectivity index (χ0) is 11.5. The Morgan fingerprint density at radius 2 is 2.07 bits per heavy atom. The molecule has 0 aliphatic carbocycles. The van der Waals surface area contributed by atoms with Crippen molar-refractivity contribution < 1.29 is 0 Å². The molecule has 2 unspecified atom stereocenters. The monoisotopic (exact) mass is 212 g/mol. The summed E-state index contributed by atoms with van der Waals surface area (Å²) in [6, 6.07) is 0.383. The van der Waals surface area contributed by atoms with E-state index in [2.05, 4.69) is 32.6 Å². The Morgan fingerprint density at radius 1 is 1.40 bits per heavy atom. The molecule has 1 saturated heterocycles. The Hall–Kier alpha value is -0.0800. The van der Waals surface area contributed by atoms with Crippen LogP contribution in [0.2, 0.25) is 0 Å². The first kappa shape index (κ1) is 13.0. The maximum absolute atomic E-state index is 6.08. The van der Waals surface area contributed by atoms with E-state index in [1.807, 2.05) is 0 Å². The zero-order valence-corrected chi connectivity index (χ0v) is 10.9. The lowest BCUT2D eigenvalue weighted by atomic mass is 9.80. The second kappa shape index (κ2) is 5.31. The maximum atomic E-state index is 6.08. The third-order valence-corrected chi connectivity index (χ3v) is 3.65. The maximum Gasteiger partial charge on any atom is 0.0167 e. The van der Waals surface area contributed by atoms with Gasteiger partial charge in [-0.2, -0.15) is 0 Å². The lowest BCUT2D eigenvalue weighted by Gasteiger charge is -2.27. The van der Waals surface area contributed by atoms with E-state index in [1.165, 1.54) is 25.9 Å².